The number of hydrogen-bond donors (Lipinski definition) is 3. The normalized spacial score (nSPS) is 17.3. The number of benzene rings is 2. The van der Waals surface area contributed by atoms with E-state index in [1.165, 1.54) is 27.7 Å². The quantitative estimate of drug-likeness (QED) is 0.663. The fourth-order valence-electron chi connectivity index (χ4n) is 3.82. The highest BCUT2D eigenvalue weighted by Crippen LogP contribution is 2.34. The minimum Gasteiger partial charge on any atom is -0.454 e. The van der Waals surface area contributed by atoms with Gasteiger partial charge in [0.15, 0.2) is 11.5 Å². The van der Waals surface area contributed by atoms with Crippen molar-refractivity contribution in [3.05, 3.63) is 53.2 Å². The first kappa shape index (κ1) is 15.1. The van der Waals surface area contributed by atoms with Crippen LogP contribution in [0.2, 0.25) is 0 Å². The third-order valence-electron chi connectivity index (χ3n) is 5.02. The van der Waals surface area contributed by atoms with Crippen molar-refractivity contribution in [2.75, 3.05) is 12.1 Å². The number of anilines is 1. The molecule has 132 valence electrons. The summed E-state index contributed by atoms with van der Waals surface area (Å²) in [6.45, 7) is 2.32. The molecule has 0 saturated carbocycles. The van der Waals surface area contributed by atoms with Crippen molar-refractivity contribution in [3.8, 4) is 11.5 Å². The number of aromatic amines is 1. The Kier molecular flexibility index (Phi) is 3.31. The van der Waals surface area contributed by atoms with Crippen molar-refractivity contribution >= 4 is 22.6 Å². The van der Waals surface area contributed by atoms with Gasteiger partial charge in [0.05, 0.1) is 0 Å². The van der Waals surface area contributed by atoms with Crippen LogP contribution in [0.1, 0.15) is 16.8 Å². The molecule has 6 heteroatoms. The molecule has 5 rings (SSSR count). The topological polar surface area (TPSA) is 75.4 Å². The lowest BCUT2D eigenvalue weighted by molar-refractivity contribution is 0.174. The molecule has 1 aromatic heterocycles. The van der Waals surface area contributed by atoms with E-state index >= 15 is 0 Å². The average molecular weight is 349 g/mol. The fourth-order valence-corrected chi connectivity index (χ4v) is 3.82. The molecule has 0 spiro atoms. The Morgan fingerprint density at radius 1 is 1.12 bits per heavy atom. The maximum atomic E-state index is 12.4. The van der Waals surface area contributed by atoms with Crippen LogP contribution in [0.25, 0.3) is 10.9 Å². The summed E-state index contributed by atoms with van der Waals surface area (Å²) < 4.78 is 10.6. The smallest absolute Gasteiger partial charge is 0.319 e. The molecule has 1 unspecified atom stereocenters. The minimum atomic E-state index is -0.209. The third-order valence-corrected chi connectivity index (χ3v) is 5.02. The van der Waals surface area contributed by atoms with E-state index in [0.29, 0.717) is 17.2 Å². The zero-order chi connectivity index (χ0) is 17.7. The van der Waals surface area contributed by atoms with Crippen molar-refractivity contribution in [3.63, 3.8) is 0 Å². The predicted molar refractivity (Wildman–Crippen MR) is 99.0 cm³/mol. The number of fused-ring (bicyclic) bond motifs is 4. The second-order valence-corrected chi connectivity index (χ2v) is 6.90. The molecule has 3 aromatic rings. The number of urea groups is 1. The summed E-state index contributed by atoms with van der Waals surface area (Å²) in [4.78, 5) is 15.8. The molecule has 0 saturated heterocycles. The molecule has 0 radical (unpaired) electrons. The van der Waals surface area contributed by atoms with Crippen molar-refractivity contribution in [2.45, 2.75) is 25.8 Å². The fraction of sp³-hybridized carbons (Fsp3) is 0.250. The summed E-state index contributed by atoms with van der Waals surface area (Å²) in [7, 11) is 0. The molecule has 1 aliphatic carbocycles. The maximum absolute atomic E-state index is 12.4. The van der Waals surface area contributed by atoms with E-state index in [2.05, 4.69) is 40.7 Å². The zero-order valence-electron chi connectivity index (χ0n) is 14.4. The van der Waals surface area contributed by atoms with E-state index in [1.807, 2.05) is 0 Å². The number of aromatic nitrogens is 1. The Morgan fingerprint density at radius 3 is 2.92 bits per heavy atom. The van der Waals surface area contributed by atoms with E-state index in [1.54, 1.807) is 18.2 Å². The van der Waals surface area contributed by atoms with Gasteiger partial charge < -0.3 is 25.1 Å². The molecular weight excluding hydrogens is 330 g/mol. The van der Waals surface area contributed by atoms with Crippen molar-refractivity contribution in [2.24, 2.45) is 0 Å². The summed E-state index contributed by atoms with van der Waals surface area (Å²) >= 11 is 0. The predicted octanol–water partition coefficient (Wildman–Crippen LogP) is 3.49. The van der Waals surface area contributed by atoms with Crippen molar-refractivity contribution in [1.82, 2.24) is 10.3 Å². The van der Waals surface area contributed by atoms with Crippen LogP contribution in [-0.4, -0.2) is 23.8 Å². The Hall–Kier alpha value is -3.15. The van der Waals surface area contributed by atoms with Gasteiger partial charge >= 0.3 is 6.03 Å². The Bertz CT molecular complexity index is 1020. The summed E-state index contributed by atoms with van der Waals surface area (Å²) in [6.07, 6.45) is 1.66. The number of H-pyrrole nitrogens is 1. The molecule has 2 heterocycles. The standard InChI is InChI=1S/C20H19N3O3/c1-11-2-4-16-14(6-11)15-7-13(8-17(15)23-16)22-20(24)21-12-3-5-18-19(9-12)26-10-25-18/h2-6,9,13,23H,7-8,10H2,1H3,(H2,21,22,24). The van der Waals surface area contributed by atoms with Crippen LogP contribution < -0.4 is 20.1 Å². The molecule has 1 atom stereocenters. The van der Waals surface area contributed by atoms with Crippen LogP contribution in [-0.2, 0) is 12.8 Å². The van der Waals surface area contributed by atoms with Gasteiger partial charge in [0, 0.05) is 40.8 Å². The lowest BCUT2D eigenvalue weighted by Gasteiger charge is -2.14. The highest BCUT2D eigenvalue weighted by atomic mass is 16.7. The highest BCUT2D eigenvalue weighted by Gasteiger charge is 2.26. The average Bonchev–Trinajstić information content (AvgIpc) is 3.29. The Balaban J connectivity index is 1.27. The molecule has 1 aliphatic heterocycles. The van der Waals surface area contributed by atoms with E-state index in [9.17, 15) is 4.79 Å². The minimum absolute atomic E-state index is 0.0928. The summed E-state index contributed by atoms with van der Waals surface area (Å²) in [5, 5.41) is 7.20. The van der Waals surface area contributed by atoms with E-state index in [-0.39, 0.29) is 18.9 Å². The van der Waals surface area contributed by atoms with Crippen LogP contribution in [0.3, 0.4) is 0 Å². The third kappa shape index (κ3) is 2.54. The number of carbonyl (C=O) groups excluding carboxylic acids is 1. The van der Waals surface area contributed by atoms with Gasteiger partial charge in [-0.05, 0) is 43.2 Å². The number of rotatable bonds is 2. The maximum Gasteiger partial charge on any atom is 0.319 e. The van der Waals surface area contributed by atoms with E-state index < -0.39 is 0 Å². The van der Waals surface area contributed by atoms with Crippen LogP contribution >= 0.6 is 0 Å². The molecule has 3 N–H and O–H groups in total. The van der Waals surface area contributed by atoms with Gasteiger partial charge in [0.1, 0.15) is 0 Å². The van der Waals surface area contributed by atoms with Gasteiger partial charge in [0.2, 0.25) is 6.79 Å². The first-order valence-electron chi connectivity index (χ1n) is 8.73. The number of amides is 2. The van der Waals surface area contributed by atoms with Gasteiger partial charge in [-0.2, -0.15) is 0 Å². The number of hydrogen-bond acceptors (Lipinski definition) is 3. The largest absolute Gasteiger partial charge is 0.454 e. The van der Waals surface area contributed by atoms with Crippen LogP contribution in [0.5, 0.6) is 11.5 Å². The van der Waals surface area contributed by atoms with Crippen molar-refractivity contribution < 1.29 is 14.3 Å². The second kappa shape index (κ2) is 5.69. The van der Waals surface area contributed by atoms with Crippen LogP contribution in [0.15, 0.2) is 36.4 Å². The molecule has 2 aliphatic rings. The molecular formula is C20H19N3O3. The first-order chi connectivity index (χ1) is 12.7. The molecule has 0 bridgehead atoms. The number of nitrogens with one attached hydrogen (secondary N) is 3. The molecule has 2 amide bonds. The summed E-state index contributed by atoms with van der Waals surface area (Å²) in [5.41, 5.74) is 5.64. The number of aryl methyl sites for hydroxylation is 1. The SMILES string of the molecule is Cc1ccc2[nH]c3c(c2c1)CC(NC(=O)Nc1ccc2c(c1)OCO2)C3. The number of carbonyl (C=O) groups is 1. The van der Waals surface area contributed by atoms with Crippen LogP contribution in [0, 0.1) is 6.92 Å². The van der Waals surface area contributed by atoms with Gasteiger partial charge in [-0.1, -0.05) is 11.6 Å². The number of ether oxygens (including phenoxy) is 2. The zero-order valence-corrected chi connectivity index (χ0v) is 14.4. The second-order valence-electron chi connectivity index (χ2n) is 6.90. The molecule has 26 heavy (non-hydrogen) atoms. The molecule has 6 nitrogen and oxygen atoms in total. The first-order valence-corrected chi connectivity index (χ1v) is 8.73. The highest BCUT2D eigenvalue weighted by molar-refractivity contribution is 5.90. The molecule has 0 fully saturated rings. The lowest BCUT2D eigenvalue weighted by atomic mass is 10.1. The van der Waals surface area contributed by atoms with E-state index in [0.717, 1.165) is 12.8 Å². The monoisotopic (exact) mass is 349 g/mol. The van der Waals surface area contributed by atoms with Crippen molar-refractivity contribution in [1.29, 1.82) is 0 Å². The Labute approximate surface area is 150 Å². The lowest BCUT2D eigenvalue weighted by Crippen LogP contribution is -2.38. The Morgan fingerprint density at radius 2 is 2.00 bits per heavy atom. The van der Waals surface area contributed by atoms with Gasteiger partial charge in [0.25, 0.3) is 0 Å². The van der Waals surface area contributed by atoms with Gasteiger partial charge in [-0.3, -0.25) is 0 Å². The van der Waals surface area contributed by atoms with Crippen LogP contribution in [0.4, 0.5) is 10.5 Å². The summed E-state index contributed by atoms with van der Waals surface area (Å²) in [6, 6.07) is 11.7. The van der Waals surface area contributed by atoms with Gasteiger partial charge in [-0.15, -0.1) is 0 Å². The van der Waals surface area contributed by atoms with Gasteiger partial charge in [-0.25, -0.2) is 4.79 Å². The molecule has 2 aromatic carbocycles. The summed E-state index contributed by atoms with van der Waals surface area (Å²) in [5.74, 6) is 1.35. The van der Waals surface area contributed by atoms with E-state index in [4.69, 9.17) is 9.47 Å².